The minimum atomic E-state index is -0.0764. The Kier molecular flexibility index (Phi) is 5.44. The van der Waals surface area contributed by atoms with E-state index in [2.05, 4.69) is 55.5 Å². The number of aliphatic hydroxyl groups is 1. The van der Waals surface area contributed by atoms with Crippen LogP contribution in [0.1, 0.15) is 50.6 Å². The van der Waals surface area contributed by atoms with Crippen molar-refractivity contribution in [2.45, 2.75) is 57.2 Å². The van der Waals surface area contributed by atoms with Crippen molar-refractivity contribution >= 4 is 5.69 Å². The molecule has 0 aliphatic heterocycles. The van der Waals surface area contributed by atoms with E-state index in [1.165, 1.54) is 11.3 Å². The molecule has 2 N–H and O–H groups in total. The molecule has 0 aromatic heterocycles. The number of nitrogens with one attached hydrogen (secondary N) is 1. The van der Waals surface area contributed by atoms with Crippen molar-refractivity contribution in [3.63, 3.8) is 0 Å². The first-order chi connectivity index (χ1) is 9.60. The van der Waals surface area contributed by atoms with Gasteiger partial charge >= 0.3 is 0 Å². The molecule has 0 bridgehead atoms. The standard InChI is InChI=1S/C17H28N2O/c1-4-17(18-14-7-11-16(20)12-8-14)13-5-9-15(10-6-13)19(2)3/h5-6,9-10,14,16-18,20H,4,7-8,11-12H2,1-3H3. The Morgan fingerprint density at radius 2 is 1.75 bits per heavy atom. The van der Waals surface area contributed by atoms with E-state index in [0.717, 1.165) is 32.1 Å². The minimum Gasteiger partial charge on any atom is -0.393 e. The predicted octanol–water partition coefficient (Wildman–Crippen LogP) is 3.10. The Balaban J connectivity index is 1.97. The zero-order chi connectivity index (χ0) is 14.5. The zero-order valence-electron chi connectivity index (χ0n) is 13.0. The molecule has 1 saturated carbocycles. The first-order valence-corrected chi connectivity index (χ1v) is 7.81. The summed E-state index contributed by atoms with van der Waals surface area (Å²) in [6, 6.07) is 9.81. The molecule has 1 aromatic rings. The van der Waals surface area contributed by atoms with E-state index < -0.39 is 0 Å². The van der Waals surface area contributed by atoms with Crippen LogP contribution in [0.4, 0.5) is 5.69 Å². The smallest absolute Gasteiger partial charge is 0.0541 e. The summed E-state index contributed by atoms with van der Waals surface area (Å²) in [4.78, 5) is 2.13. The maximum absolute atomic E-state index is 9.59. The molecule has 3 nitrogen and oxygen atoms in total. The van der Waals surface area contributed by atoms with Crippen LogP contribution in [0.2, 0.25) is 0 Å². The van der Waals surface area contributed by atoms with Gasteiger partial charge in [0.15, 0.2) is 0 Å². The van der Waals surface area contributed by atoms with Crippen LogP contribution in [0, 0.1) is 0 Å². The average molecular weight is 276 g/mol. The molecular weight excluding hydrogens is 248 g/mol. The summed E-state index contributed by atoms with van der Waals surface area (Å²) >= 11 is 0. The summed E-state index contributed by atoms with van der Waals surface area (Å²) < 4.78 is 0. The molecule has 0 radical (unpaired) electrons. The molecule has 1 atom stereocenters. The van der Waals surface area contributed by atoms with E-state index in [0.29, 0.717) is 12.1 Å². The molecule has 0 heterocycles. The van der Waals surface area contributed by atoms with Crippen molar-refractivity contribution in [3.05, 3.63) is 29.8 Å². The molecule has 112 valence electrons. The highest BCUT2D eigenvalue weighted by atomic mass is 16.3. The van der Waals surface area contributed by atoms with Crippen LogP contribution in [0.5, 0.6) is 0 Å². The maximum atomic E-state index is 9.59. The number of anilines is 1. The van der Waals surface area contributed by atoms with Gasteiger partial charge < -0.3 is 15.3 Å². The lowest BCUT2D eigenvalue weighted by Gasteiger charge is -2.30. The van der Waals surface area contributed by atoms with Crippen LogP contribution in [0.3, 0.4) is 0 Å². The molecule has 0 amide bonds. The van der Waals surface area contributed by atoms with E-state index in [9.17, 15) is 5.11 Å². The number of hydrogen-bond acceptors (Lipinski definition) is 3. The summed E-state index contributed by atoms with van der Waals surface area (Å²) in [6.45, 7) is 2.23. The van der Waals surface area contributed by atoms with Gasteiger partial charge in [-0.15, -0.1) is 0 Å². The van der Waals surface area contributed by atoms with Gasteiger partial charge in [0.05, 0.1) is 6.10 Å². The monoisotopic (exact) mass is 276 g/mol. The van der Waals surface area contributed by atoms with Gasteiger partial charge in [-0.25, -0.2) is 0 Å². The normalized spacial score (nSPS) is 24.4. The third kappa shape index (κ3) is 3.97. The van der Waals surface area contributed by atoms with Gasteiger partial charge in [0, 0.05) is 31.9 Å². The van der Waals surface area contributed by atoms with Crippen LogP contribution in [0.25, 0.3) is 0 Å². The molecule has 1 aliphatic rings. The number of rotatable bonds is 5. The van der Waals surface area contributed by atoms with Crippen molar-refractivity contribution in [3.8, 4) is 0 Å². The number of hydrogen-bond donors (Lipinski definition) is 2. The fraction of sp³-hybridized carbons (Fsp3) is 0.647. The van der Waals surface area contributed by atoms with Crippen molar-refractivity contribution < 1.29 is 5.11 Å². The van der Waals surface area contributed by atoms with E-state index >= 15 is 0 Å². The zero-order valence-corrected chi connectivity index (χ0v) is 13.0. The summed E-state index contributed by atoms with van der Waals surface area (Å²) in [7, 11) is 4.13. The van der Waals surface area contributed by atoms with Crippen LogP contribution in [0.15, 0.2) is 24.3 Å². The molecular formula is C17H28N2O. The molecule has 1 aliphatic carbocycles. The first-order valence-electron chi connectivity index (χ1n) is 7.81. The van der Waals surface area contributed by atoms with Gasteiger partial charge in [-0.05, 0) is 49.8 Å². The Labute approximate surface area is 123 Å². The summed E-state index contributed by atoms with van der Waals surface area (Å²) in [6.07, 6.45) is 5.08. The van der Waals surface area contributed by atoms with Crippen molar-refractivity contribution in [2.75, 3.05) is 19.0 Å². The number of aliphatic hydroxyl groups excluding tert-OH is 1. The van der Waals surface area contributed by atoms with E-state index in [-0.39, 0.29) is 6.10 Å². The molecule has 1 aromatic carbocycles. The van der Waals surface area contributed by atoms with Gasteiger partial charge in [-0.1, -0.05) is 19.1 Å². The lowest BCUT2D eigenvalue weighted by atomic mass is 9.91. The summed E-state index contributed by atoms with van der Waals surface area (Å²) in [5, 5.41) is 13.4. The van der Waals surface area contributed by atoms with Gasteiger partial charge in [0.1, 0.15) is 0 Å². The Morgan fingerprint density at radius 1 is 1.15 bits per heavy atom. The van der Waals surface area contributed by atoms with Crippen LogP contribution >= 0.6 is 0 Å². The van der Waals surface area contributed by atoms with Crippen molar-refractivity contribution in [1.29, 1.82) is 0 Å². The van der Waals surface area contributed by atoms with E-state index in [1.807, 2.05) is 0 Å². The Hall–Kier alpha value is -1.06. The molecule has 0 spiro atoms. The van der Waals surface area contributed by atoms with Gasteiger partial charge in [0.2, 0.25) is 0 Å². The van der Waals surface area contributed by atoms with E-state index in [1.54, 1.807) is 0 Å². The summed E-state index contributed by atoms with van der Waals surface area (Å²) in [5.74, 6) is 0. The predicted molar refractivity (Wildman–Crippen MR) is 85.2 cm³/mol. The second-order valence-corrected chi connectivity index (χ2v) is 6.12. The fourth-order valence-electron chi connectivity index (χ4n) is 2.98. The minimum absolute atomic E-state index is 0.0764. The third-order valence-corrected chi connectivity index (χ3v) is 4.35. The second kappa shape index (κ2) is 7.09. The highest BCUT2D eigenvalue weighted by Crippen LogP contribution is 2.25. The van der Waals surface area contributed by atoms with Crippen LogP contribution in [-0.2, 0) is 0 Å². The molecule has 1 unspecified atom stereocenters. The molecule has 2 rings (SSSR count). The number of nitrogens with zero attached hydrogens (tertiary/aromatic N) is 1. The topological polar surface area (TPSA) is 35.5 Å². The van der Waals surface area contributed by atoms with Crippen LogP contribution in [-0.4, -0.2) is 31.3 Å². The molecule has 3 heteroatoms. The summed E-state index contributed by atoms with van der Waals surface area (Å²) in [5.41, 5.74) is 2.61. The SMILES string of the molecule is CCC(NC1CCC(O)CC1)c1ccc(N(C)C)cc1. The van der Waals surface area contributed by atoms with Crippen molar-refractivity contribution in [1.82, 2.24) is 5.32 Å². The second-order valence-electron chi connectivity index (χ2n) is 6.12. The third-order valence-electron chi connectivity index (χ3n) is 4.35. The lowest BCUT2D eigenvalue weighted by Crippen LogP contribution is -2.36. The average Bonchev–Trinajstić information content (AvgIpc) is 2.47. The quantitative estimate of drug-likeness (QED) is 0.867. The van der Waals surface area contributed by atoms with Gasteiger partial charge in [-0.3, -0.25) is 0 Å². The highest BCUT2D eigenvalue weighted by molar-refractivity contribution is 5.46. The number of benzene rings is 1. The molecule has 20 heavy (non-hydrogen) atoms. The Morgan fingerprint density at radius 3 is 2.25 bits per heavy atom. The van der Waals surface area contributed by atoms with E-state index in [4.69, 9.17) is 0 Å². The van der Waals surface area contributed by atoms with Gasteiger partial charge in [0.25, 0.3) is 0 Å². The lowest BCUT2D eigenvalue weighted by molar-refractivity contribution is 0.114. The molecule has 1 fully saturated rings. The molecule has 0 saturated heterocycles. The first kappa shape index (κ1) is 15.3. The fourth-order valence-corrected chi connectivity index (χ4v) is 2.98. The highest BCUT2D eigenvalue weighted by Gasteiger charge is 2.21. The van der Waals surface area contributed by atoms with Crippen LogP contribution < -0.4 is 10.2 Å². The van der Waals surface area contributed by atoms with Gasteiger partial charge in [-0.2, -0.15) is 0 Å². The van der Waals surface area contributed by atoms with Crippen molar-refractivity contribution in [2.24, 2.45) is 0 Å². The Bertz CT molecular complexity index is 394. The maximum Gasteiger partial charge on any atom is 0.0541 e. The largest absolute Gasteiger partial charge is 0.393 e.